The average molecular weight is 230 g/mol. The highest BCUT2D eigenvalue weighted by molar-refractivity contribution is 5.83. The van der Waals surface area contributed by atoms with Crippen LogP contribution in [0, 0.1) is 5.92 Å². The fourth-order valence-electron chi connectivity index (χ4n) is 2.22. The first-order valence-electron chi connectivity index (χ1n) is 6.59. The summed E-state index contributed by atoms with van der Waals surface area (Å²) in [5.41, 5.74) is 2.65. The van der Waals surface area contributed by atoms with Crippen molar-refractivity contribution in [2.75, 3.05) is 0 Å². The molecule has 0 N–H and O–H groups in total. The minimum atomic E-state index is 0.162. The molecule has 1 aromatic rings. The molecule has 2 rings (SSSR count). The molecule has 0 spiro atoms. The van der Waals surface area contributed by atoms with Gasteiger partial charge in [0.2, 0.25) is 0 Å². The number of benzene rings is 1. The lowest BCUT2D eigenvalue weighted by molar-refractivity contribution is -0.124. The molecule has 17 heavy (non-hydrogen) atoms. The van der Waals surface area contributed by atoms with Crippen molar-refractivity contribution in [1.29, 1.82) is 0 Å². The third kappa shape index (κ3) is 2.96. The molecule has 0 saturated heterocycles. The van der Waals surface area contributed by atoms with Crippen LogP contribution in [0.15, 0.2) is 24.3 Å². The fourth-order valence-corrected chi connectivity index (χ4v) is 2.22. The Bertz CT molecular complexity index is 408. The minimum Gasteiger partial charge on any atom is -0.299 e. The molecule has 0 amide bonds. The molecule has 0 heterocycles. The van der Waals surface area contributed by atoms with Crippen molar-refractivity contribution >= 4 is 5.78 Å². The number of Topliss-reactive ketones (excluding diaryl/α,β-unsaturated/α-hetero) is 1. The molecule has 0 bridgehead atoms. The molecule has 1 nitrogen and oxygen atoms in total. The Balaban J connectivity index is 2.08. The normalized spacial score (nSPS) is 16.6. The minimum absolute atomic E-state index is 0.162. The molecule has 0 radical (unpaired) electrons. The van der Waals surface area contributed by atoms with Crippen LogP contribution in [0.2, 0.25) is 0 Å². The fraction of sp³-hybridized carbons (Fsp3) is 0.562. The van der Waals surface area contributed by atoms with Gasteiger partial charge in [-0.15, -0.1) is 0 Å². The smallest absolute Gasteiger partial charge is 0.140 e. The number of carbonyl (C=O) groups excluding carboxylic acids is 1. The van der Waals surface area contributed by atoms with Crippen LogP contribution >= 0.6 is 0 Å². The SMILES string of the molecule is CC(C)(C)c1cccc(CC(=O)C2CCC2)c1. The van der Waals surface area contributed by atoms with E-state index in [4.69, 9.17) is 0 Å². The summed E-state index contributed by atoms with van der Waals surface area (Å²) in [6.45, 7) is 6.62. The molecule has 1 fully saturated rings. The van der Waals surface area contributed by atoms with E-state index in [9.17, 15) is 4.79 Å². The molecule has 0 aromatic heterocycles. The second-order valence-electron chi connectivity index (χ2n) is 6.22. The zero-order valence-corrected chi connectivity index (χ0v) is 11.1. The maximum atomic E-state index is 12.0. The summed E-state index contributed by atoms with van der Waals surface area (Å²) in [6, 6.07) is 8.49. The maximum absolute atomic E-state index is 12.0. The molecule has 1 saturated carbocycles. The van der Waals surface area contributed by atoms with Crippen LogP contribution in [0.5, 0.6) is 0 Å². The van der Waals surface area contributed by atoms with E-state index in [1.165, 1.54) is 17.5 Å². The standard InChI is InChI=1S/C16H22O/c1-16(2,3)14-9-4-6-12(10-14)11-15(17)13-7-5-8-13/h4,6,9-10,13H,5,7-8,11H2,1-3H3. The highest BCUT2D eigenvalue weighted by Gasteiger charge is 2.25. The molecule has 1 aromatic carbocycles. The third-order valence-electron chi connectivity index (χ3n) is 3.73. The van der Waals surface area contributed by atoms with Gasteiger partial charge in [-0.05, 0) is 29.4 Å². The molecule has 0 aliphatic heterocycles. The van der Waals surface area contributed by atoms with E-state index in [1.54, 1.807) is 0 Å². The summed E-state index contributed by atoms with van der Waals surface area (Å²) in [4.78, 5) is 12.0. The van der Waals surface area contributed by atoms with E-state index < -0.39 is 0 Å². The molecule has 0 unspecified atom stereocenters. The van der Waals surface area contributed by atoms with Crippen molar-refractivity contribution in [3.8, 4) is 0 Å². The van der Waals surface area contributed by atoms with Crippen molar-refractivity contribution in [3.05, 3.63) is 35.4 Å². The monoisotopic (exact) mass is 230 g/mol. The van der Waals surface area contributed by atoms with Crippen LogP contribution in [0.4, 0.5) is 0 Å². The van der Waals surface area contributed by atoms with Gasteiger partial charge in [0, 0.05) is 12.3 Å². The van der Waals surface area contributed by atoms with Crippen LogP contribution in [-0.2, 0) is 16.6 Å². The third-order valence-corrected chi connectivity index (χ3v) is 3.73. The van der Waals surface area contributed by atoms with Crippen molar-refractivity contribution in [1.82, 2.24) is 0 Å². The van der Waals surface area contributed by atoms with E-state index in [0.29, 0.717) is 18.1 Å². The molecular weight excluding hydrogens is 208 g/mol. The van der Waals surface area contributed by atoms with E-state index in [1.807, 2.05) is 0 Å². The Labute approximate surface area is 104 Å². The second-order valence-corrected chi connectivity index (χ2v) is 6.22. The van der Waals surface area contributed by atoms with Crippen LogP contribution in [-0.4, -0.2) is 5.78 Å². The molecular formula is C16H22O. The number of rotatable bonds is 3. The summed E-state index contributed by atoms with van der Waals surface area (Å²) in [5.74, 6) is 0.788. The van der Waals surface area contributed by atoms with Crippen molar-refractivity contribution in [3.63, 3.8) is 0 Å². The lowest BCUT2D eigenvalue weighted by atomic mass is 9.79. The first kappa shape index (κ1) is 12.3. The van der Waals surface area contributed by atoms with Crippen molar-refractivity contribution < 1.29 is 4.79 Å². The van der Waals surface area contributed by atoms with Crippen molar-refractivity contribution in [2.24, 2.45) is 5.92 Å². The number of ketones is 1. The van der Waals surface area contributed by atoms with Gasteiger partial charge in [0.1, 0.15) is 5.78 Å². The average Bonchev–Trinajstić information content (AvgIpc) is 2.13. The molecule has 1 aliphatic rings. The zero-order valence-electron chi connectivity index (χ0n) is 11.1. The Hall–Kier alpha value is -1.11. The zero-order chi connectivity index (χ0) is 12.5. The molecule has 0 atom stereocenters. The van der Waals surface area contributed by atoms with E-state index in [2.05, 4.69) is 45.0 Å². The number of hydrogen-bond acceptors (Lipinski definition) is 1. The molecule has 1 aliphatic carbocycles. The van der Waals surface area contributed by atoms with Gasteiger partial charge in [-0.2, -0.15) is 0 Å². The van der Waals surface area contributed by atoms with Gasteiger partial charge in [-0.1, -0.05) is 51.5 Å². The van der Waals surface area contributed by atoms with Gasteiger partial charge < -0.3 is 0 Å². The van der Waals surface area contributed by atoms with Crippen LogP contribution in [0.25, 0.3) is 0 Å². The lowest BCUT2D eigenvalue weighted by Crippen LogP contribution is -2.23. The van der Waals surface area contributed by atoms with E-state index >= 15 is 0 Å². The predicted molar refractivity (Wildman–Crippen MR) is 71.2 cm³/mol. The molecule has 1 heteroatoms. The van der Waals surface area contributed by atoms with Gasteiger partial charge in [0.15, 0.2) is 0 Å². The quantitative estimate of drug-likeness (QED) is 0.769. The second kappa shape index (κ2) is 4.64. The van der Waals surface area contributed by atoms with Crippen LogP contribution in [0.3, 0.4) is 0 Å². The summed E-state index contributed by atoms with van der Waals surface area (Å²) in [7, 11) is 0. The highest BCUT2D eigenvalue weighted by atomic mass is 16.1. The highest BCUT2D eigenvalue weighted by Crippen LogP contribution is 2.29. The van der Waals surface area contributed by atoms with Crippen LogP contribution < -0.4 is 0 Å². The summed E-state index contributed by atoms with van der Waals surface area (Å²) >= 11 is 0. The number of carbonyl (C=O) groups is 1. The molecule has 92 valence electrons. The Morgan fingerprint density at radius 3 is 2.53 bits per heavy atom. The topological polar surface area (TPSA) is 17.1 Å². The Morgan fingerprint density at radius 1 is 1.29 bits per heavy atom. The Morgan fingerprint density at radius 2 is 2.00 bits per heavy atom. The summed E-state index contributed by atoms with van der Waals surface area (Å²) in [5, 5.41) is 0. The van der Waals surface area contributed by atoms with E-state index in [-0.39, 0.29) is 5.41 Å². The lowest BCUT2D eigenvalue weighted by Gasteiger charge is -2.24. The summed E-state index contributed by atoms with van der Waals surface area (Å²) in [6.07, 6.45) is 4.07. The van der Waals surface area contributed by atoms with Crippen molar-refractivity contribution in [2.45, 2.75) is 51.9 Å². The summed E-state index contributed by atoms with van der Waals surface area (Å²) < 4.78 is 0. The van der Waals surface area contributed by atoms with Gasteiger partial charge in [-0.25, -0.2) is 0 Å². The van der Waals surface area contributed by atoms with Gasteiger partial charge >= 0.3 is 0 Å². The van der Waals surface area contributed by atoms with E-state index in [0.717, 1.165) is 12.8 Å². The van der Waals surface area contributed by atoms with Gasteiger partial charge in [0.25, 0.3) is 0 Å². The number of hydrogen-bond donors (Lipinski definition) is 0. The van der Waals surface area contributed by atoms with Gasteiger partial charge in [-0.3, -0.25) is 4.79 Å². The largest absolute Gasteiger partial charge is 0.299 e. The maximum Gasteiger partial charge on any atom is 0.140 e. The van der Waals surface area contributed by atoms with Crippen LogP contribution in [0.1, 0.15) is 51.2 Å². The predicted octanol–water partition coefficient (Wildman–Crippen LogP) is 3.90. The first-order valence-corrected chi connectivity index (χ1v) is 6.59. The first-order chi connectivity index (χ1) is 7.97. The van der Waals surface area contributed by atoms with Gasteiger partial charge in [0.05, 0.1) is 0 Å². The Kier molecular flexibility index (Phi) is 3.37.